The number of benzene rings is 3. The van der Waals surface area contributed by atoms with Crippen LogP contribution in [0, 0.1) is 10.1 Å². The van der Waals surface area contributed by atoms with Gasteiger partial charge in [-0.25, -0.2) is 0 Å². The van der Waals surface area contributed by atoms with Crippen LogP contribution in [0.2, 0.25) is 0 Å². The molecule has 14 heteroatoms. The average molecular weight is 618 g/mol. The molecule has 0 aromatic heterocycles. The highest BCUT2D eigenvalue weighted by atomic mass is 79.9. The first-order chi connectivity index (χ1) is 18.0. The van der Waals surface area contributed by atoms with Crippen LogP contribution in [-0.4, -0.2) is 37.4 Å². The van der Waals surface area contributed by atoms with Gasteiger partial charge in [0.05, 0.1) is 17.7 Å². The van der Waals surface area contributed by atoms with E-state index in [0.29, 0.717) is 15.9 Å². The lowest BCUT2D eigenvalue weighted by atomic mass is 10.1. The zero-order chi connectivity index (χ0) is 27.6. The van der Waals surface area contributed by atoms with Gasteiger partial charge in [0.15, 0.2) is 5.11 Å². The molecule has 0 spiro atoms. The van der Waals surface area contributed by atoms with Crippen LogP contribution >= 0.6 is 28.1 Å². The maximum atomic E-state index is 13.3. The maximum Gasteiger partial charge on any atom is 0.339 e. The minimum absolute atomic E-state index is 0.0888. The number of hydrogen-bond acceptors (Lipinski definition) is 9. The van der Waals surface area contributed by atoms with Crippen LogP contribution < -0.4 is 19.1 Å². The SMILES string of the molecule is COc1ccc(N2C(=O)/C(=C\c3cc(Br)ccc3OS(=O)(=O)c3ccc([N+](=O)[O-])cc3)C(=O)NC2=S)cc1. The van der Waals surface area contributed by atoms with Gasteiger partial charge >= 0.3 is 10.1 Å². The van der Waals surface area contributed by atoms with E-state index in [9.17, 15) is 28.1 Å². The van der Waals surface area contributed by atoms with Crippen LogP contribution in [-0.2, 0) is 19.7 Å². The number of ether oxygens (including phenoxy) is 1. The van der Waals surface area contributed by atoms with Crippen LogP contribution in [0.1, 0.15) is 5.56 Å². The lowest BCUT2D eigenvalue weighted by Gasteiger charge is -2.29. The summed E-state index contributed by atoms with van der Waals surface area (Å²) in [6.07, 6.45) is 1.18. The average Bonchev–Trinajstić information content (AvgIpc) is 2.88. The van der Waals surface area contributed by atoms with Crippen molar-refractivity contribution in [3.05, 3.63) is 92.5 Å². The third-order valence-corrected chi connectivity index (χ3v) is 7.27. The van der Waals surface area contributed by atoms with Gasteiger partial charge in [0.25, 0.3) is 17.5 Å². The van der Waals surface area contributed by atoms with Crippen molar-refractivity contribution in [2.24, 2.45) is 0 Å². The van der Waals surface area contributed by atoms with E-state index in [4.69, 9.17) is 21.1 Å². The predicted octanol–water partition coefficient (Wildman–Crippen LogP) is 3.96. The molecule has 1 saturated heterocycles. The number of hydrogen-bond donors (Lipinski definition) is 1. The maximum absolute atomic E-state index is 13.3. The standard InChI is InChI=1S/C24H16BrN3O8S2/c1-35-18-7-3-16(4-8-18)27-23(30)20(22(29)26-24(27)37)13-14-12-15(25)2-11-21(14)36-38(33,34)19-9-5-17(6-10-19)28(31)32/h2-13H,1H3,(H,26,29,37)/b20-13-. The van der Waals surface area contributed by atoms with Gasteiger partial charge in [-0.2, -0.15) is 8.42 Å². The Labute approximate surface area is 230 Å². The fraction of sp³-hybridized carbons (Fsp3) is 0.0417. The highest BCUT2D eigenvalue weighted by molar-refractivity contribution is 9.10. The third-order valence-electron chi connectivity index (χ3n) is 5.24. The number of carbonyl (C=O) groups excluding carboxylic acids is 2. The molecule has 0 unspecified atom stereocenters. The summed E-state index contributed by atoms with van der Waals surface area (Å²) in [6.45, 7) is 0. The number of nitro groups is 1. The lowest BCUT2D eigenvalue weighted by Crippen LogP contribution is -2.54. The molecule has 11 nitrogen and oxygen atoms in total. The van der Waals surface area contributed by atoms with Crippen molar-refractivity contribution >= 4 is 72.6 Å². The molecule has 3 aromatic rings. The molecule has 0 aliphatic carbocycles. The number of carbonyl (C=O) groups is 2. The van der Waals surface area contributed by atoms with E-state index in [1.807, 2.05) is 0 Å². The molecule has 0 saturated carbocycles. The van der Waals surface area contributed by atoms with Crippen molar-refractivity contribution in [3.8, 4) is 11.5 Å². The minimum Gasteiger partial charge on any atom is -0.497 e. The second-order valence-electron chi connectivity index (χ2n) is 7.63. The van der Waals surface area contributed by atoms with Crippen molar-refractivity contribution in [1.29, 1.82) is 0 Å². The van der Waals surface area contributed by atoms with Crippen molar-refractivity contribution in [2.45, 2.75) is 4.90 Å². The summed E-state index contributed by atoms with van der Waals surface area (Å²) in [6, 6.07) is 14.8. The third kappa shape index (κ3) is 5.56. The number of anilines is 1. The molecule has 38 heavy (non-hydrogen) atoms. The van der Waals surface area contributed by atoms with Crippen LogP contribution in [0.15, 0.2) is 81.7 Å². The van der Waals surface area contributed by atoms with Crippen LogP contribution in [0.3, 0.4) is 0 Å². The molecule has 4 rings (SSSR count). The molecule has 3 aromatic carbocycles. The van der Waals surface area contributed by atoms with Crippen molar-refractivity contribution < 1.29 is 31.9 Å². The molecule has 1 fully saturated rings. The van der Waals surface area contributed by atoms with E-state index in [1.165, 1.54) is 31.4 Å². The zero-order valence-electron chi connectivity index (χ0n) is 19.3. The Kier molecular flexibility index (Phi) is 7.57. The second kappa shape index (κ2) is 10.7. The highest BCUT2D eigenvalue weighted by Gasteiger charge is 2.35. The van der Waals surface area contributed by atoms with Crippen molar-refractivity contribution in [1.82, 2.24) is 5.32 Å². The first-order valence-corrected chi connectivity index (χ1v) is 13.1. The monoisotopic (exact) mass is 617 g/mol. The number of nitro benzene ring substituents is 1. The van der Waals surface area contributed by atoms with E-state index in [1.54, 1.807) is 24.3 Å². The topological polar surface area (TPSA) is 145 Å². The Morgan fingerprint density at radius 2 is 1.71 bits per heavy atom. The van der Waals surface area contributed by atoms with Gasteiger partial charge < -0.3 is 8.92 Å². The Morgan fingerprint density at radius 1 is 1.05 bits per heavy atom. The molecule has 0 radical (unpaired) electrons. The molecule has 1 aliphatic rings. The number of nitrogens with zero attached hydrogens (tertiary/aromatic N) is 2. The smallest absolute Gasteiger partial charge is 0.339 e. The fourth-order valence-corrected chi connectivity index (χ4v) is 5.00. The molecular formula is C24H16BrN3O8S2. The second-order valence-corrected chi connectivity index (χ2v) is 10.5. The summed E-state index contributed by atoms with van der Waals surface area (Å²) >= 11 is 8.48. The summed E-state index contributed by atoms with van der Waals surface area (Å²) in [5, 5.41) is 13.2. The number of amides is 2. The summed E-state index contributed by atoms with van der Waals surface area (Å²) in [7, 11) is -2.93. The first kappa shape index (κ1) is 26.9. The van der Waals surface area contributed by atoms with Crippen molar-refractivity contribution in [3.63, 3.8) is 0 Å². The van der Waals surface area contributed by atoms with E-state index in [-0.39, 0.29) is 32.6 Å². The number of nitrogens with one attached hydrogen (secondary N) is 1. The van der Waals surface area contributed by atoms with Gasteiger partial charge in [-0.3, -0.25) is 29.9 Å². The molecule has 2 amide bonds. The number of thiocarbonyl (C=S) groups is 1. The molecule has 0 atom stereocenters. The number of halogens is 1. The summed E-state index contributed by atoms with van der Waals surface area (Å²) in [5.41, 5.74) is -0.159. The zero-order valence-corrected chi connectivity index (χ0v) is 22.5. The van der Waals surface area contributed by atoms with Gasteiger partial charge in [0.2, 0.25) is 0 Å². The lowest BCUT2D eigenvalue weighted by molar-refractivity contribution is -0.384. The Morgan fingerprint density at radius 3 is 2.32 bits per heavy atom. The van der Waals surface area contributed by atoms with E-state index in [0.717, 1.165) is 29.2 Å². The van der Waals surface area contributed by atoms with E-state index < -0.39 is 26.9 Å². The van der Waals surface area contributed by atoms with Crippen molar-refractivity contribution in [2.75, 3.05) is 12.0 Å². The van der Waals surface area contributed by atoms with Gasteiger partial charge in [-0.05, 0) is 72.9 Å². The van der Waals surface area contributed by atoms with Gasteiger partial charge in [0.1, 0.15) is 22.0 Å². The highest BCUT2D eigenvalue weighted by Crippen LogP contribution is 2.31. The first-order valence-electron chi connectivity index (χ1n) is 10.5. The summed E-state index contributed by atoms with van der Waals surface area (Å²) in [5.74, 6) is -1.17. The van der Waals surface area contributed by atoms with Gasteiger partial charge in [0, 0.05) is 22.2 Å². The van der Waals surface area contributed by atoms with E-state index >= 15 is 0 Å². The number of non-ortho nitro benzene ring substituents is 1. The summed E-state index contributed by atoms with van der Waals surface area (Å²) < 4.78 is 36.7. The molecule has 1 heterocycles. The molecular weight excluding hydrogens is 602 g/mol. The molecule has 0 bridgehead atoms. The molecule has 1 N–H and O–H groups in total. The normalized spacial score (nSPS) is 14.8. The quantitative estimate of drug-likeness (QED) is 0.104. The molecule has 1 aliphatic heterocycles. The van der Waals surface area contributed by atoms with Gasteiger partial charge in [-0.1, -0.05) is 15.9 Å². The Hall–Kier alpha value is -4.14. The molecule has 194 valence electrons. The fourth-order valence-electron chi connectivity index (χ4n) is 3.39. The minimum atomic E-state index is -4.42. The van der Waals surface area contributed by atoms with Crippen LogP contribution in [0.5, 0.6) is 11.5 Å². The largest absolute Gasteiger partial charge is 0.497 e. The Bertz CT molecular complexity index is 1600. The number of rotatable bonds is 7. The van der Waals surface area contributed by atoms with Crippen LogP contribution in [0.4, 0.5) is 11.4 Å². The Balaban J connectivity index is 1.71. The predicted molar refractivity (Wildman–Crippen MR) is 144 cm³/mol. The number of methoxy groups -OCH3 is 1. The van der Waals surface area contributed by atoms with Gasteiger partial charge in [-0.15, -0.1) is 0 Å². The summed E-state index contributed by atoms with van der Waals surface area (Å²) in [4.78, 5) is 37.1. The van der Waals surface area contributed by atoms with E-state index in [2.05, 4.69) is 21.2 Å². The van der Waals surface area contributed by atoms with Crippen LogP contribution in [0.25, 0.3) is 6.08 Å².